The lowest BCUT2D eigenvalue weighted by molar-refractivity contribution is 0.137. The number of rotatable bonds is 5. The molecule has 0 radical (unpaired) electrons. The van der Waals surface area contributed by atoms with E-state index in [4.69, 9.17) is 11.6 Å². The first-order chi connectivity index (χ1) is 9.90. The summed E-state index contributed by atoms with van der Waals surface area (Å²) in [7, 11) is 0. The highest BCUT2D eigenvalue weighted by Crippen LogP contribution is 2.40. The summed E-state index contributed by atoms with van der Waals surface area (Å²) in [5, 5.41) is 4.57. The summed E-state index contributed by atoms with van der Waals surface area (Å²) in [4.78, 5) is 0. The van der Waals surface area contributed by atoms with Crippen molar-refractivity contribution in [2.45, 2.75) is 72.4 Å². The van der Waals surface area contributed by atoms with Gasteiger partial charge in [0.25, 0.3) is 0 Å². The molecule has 0 bridgehead atoms. The maximum absolute atomic E-state index is 6.13. The van der Waals surface area contributed by atoms with Crippen LogP contribution < -0.4 is 5.32 Å². The van der Waals surface area contributed by atoms with Crippen LogP contribution in [0.1, 0.15) is 64.0 Å². The maximum atomic E-state index is 6.13. The highest BCUT2D eigenvalue weighted by atomic mass is 35.5. The van der Waals surface area contributed by atoms with Crippen LogP contribution in [0.3, 0.4) is 0 Å². The molecule has 0 atom stereocenters. The molecule has 2 heteroatoms. The Hall–Kier alpha value is -0.530. The van der Waals surface area contributed by atoms with E-state index in [0.717, 1.165) is 17.5 Å². The van der Waals surface area contributed by atoms with Crippen molar-refractivity contribution in [1.29, 1.82) is 0 Å². The molecular weight excluding hydrogens is 278 g/mol. The third kappa shape index (κ3) is 4.72. The van der Waals surface area contributed by atoms with Crippen LogP contribution in [0, 0.1) is 18.3 Å². The van der Waals surface area contributed by atoms with Crippen LogP contribution in [0.5, 0.6) is 0 Å². The Kier molecular flexibility index (Phi) is 5.73. The summed E-state index contributed by atoms with van der Waals surface area (Å²) in [5.74, 6) is 0.897. The van der Waals surface area contributed by atoms with E-state index in [2.05, 4.69) is 45.1 Å². The Morgan fingerprint density at radius 3 is 2.38 bits per heavy atom. The van der Waals surface area contributed by atoms with E-state index < -0.39 is 0 Å². The van der Waals surface area contributed by atoms with Gasteiger partial charge in [-0.2, -0.15) is 0 Å². The van der Waals surface area contributed by atoms with E-state index in [1.807, 2.05) is 6.07 Å². The van der Waals surface area contributed by atoms with E-state index in [1.54, 1.807) is 0 Å². The van der Waals surface area contributed by atoms with Gasteiger partial charge in [0, 0.05) is 17.6 Å². The van der Waals surface area contributed by atoms with Crippen LogP contribution in [0.4, 0.5) is 0 Å². The molecule has 1 aromatic carbocycles. The first-order valence-corrected chi connectivity index (χ1v) is 8.78. The quantitative estimate of drug-likeness (QED) is 0.732. The molecular formula is C19H30ClN. The smallest absolute Gasteiger partial charge is 0.0411 e. The van der Waals surface area contributed by atoms with Gasteiger partial charge in [-0.25, -0.2) is 0 Å². The fourth-order valence-corrected chi connectivity index (χ4v) is 3.86. The van der Waals surface area contributed by atoms with Gasteiger partial charge in [0.05, 0.1) is 0 Å². The maximum Gasteiger partial charge on any atom is 0.0411 e. The van der Waals surface area contributed by atoms with Gasteiger partial charge >= 0.3 is 0 Å². The Morgan fingerprint density at radius 1 is 1.14 bits per heavy atom. The third-order valence-electron chi connectivity index (χ3n) is 5.44. The van der Waals surface area contributed by atoms with Crippen LogP contribution in [0.15, 0.2) is 18.2 Å². The molecule has 0 unspecified atom stereocenters. The second-order valence-corrected chi connectivity index (χ2v) is 7.84. The third-order valence-corrected chi connectivity index (χ3v) is 5.66. The molecule has 1 aromatic rings. The predicted molar refractivity (Wildman–Crippen MR) is 92.8 cm³/mol. The highest BCUT2D eigenvalue weighted by molar-refractivity contribution is 6.30. The molecule has 0 heterocycles. The molecule has 1 aliphatic carbocycles. The van der Waals surface area contributed by atoms with Crippen LogP contribution in [0.2, 0.25) is 5.02 Å². The van der Waals surface area contributed by atoms with Gasteiger partial charge in [0.2, 0.25) is 0 Å². The van der Waals surface area contributed by atoms with Crippen LogP contribution in [0.25, 0.3) is 0 Å². The summed E-state index contributed by atoms with van der Waals surface area (Å²) in [6.45, 7) is 10.2. The van der Waals surface area contributed by atoms with Gasteiger partial charge in [-0.1, -0.05) is 44.9 Å². The van der Waals surface area contributed by atoms with Crippen molar-refractivity contribution in [3.05, 3.63) is 34.3 Å². The minimum Gasteiger partial charge on any atom is -0.310 e. The standard InChI is InChI=1S/C19H30ClN/c1-5-19(3,4)16-6-8-18(9-7-16)21-13-15-10-14(2)11-17(20)12-15/h10-12,16,18,21H,5-9,13H2,1-4H3. The van der Waals surface area contributed by atoms with E-state index >= 15 is 0 Å². The lowest BCUT2D eigenvalue weighted by atomic mass is 9.69. The van der Waals surface area contributed by atoms with Gasteiger partial charge < -0.3 is 5.32 Å². The molecule has 1 N–H and O–H groups in total. The lowest BCUT2D eigenvalue weighted by Gasteiger charge is -2.39. The van der Waals surface area contributed by atoms with Crippen molar-refractivity contribution in [3.8, 4) is 0 Å². The summed E-state index contributed by atoms with van der Waals surface area (Å²) >= 11 is 6.13. The molecule has 21 heavy (non-hydrogen) atoms. The molecule has 0 aliphatic heterocycles. The van der Waals surface area contributed by atoms with E-state index in [9.17, 15) is 0 Å². The Bertz CT molecular complexity index is 438. The molecule has 1 fully saturated rings. The Morgan fingerprint density at radius 2 is 1.81 bits per heavy atom. The first kappa shape index (κ1) is 16.8. The zero-order valence-electron chi connectivity index (χ0n) is 14.0. The fraction of sp³-hybridized carbons (Fsp3) is 0.684. The topological polar surface area (TPSA) is 12.0 Å². The Balaban J connectivity index is 1.81. The first-order valence-electron chi connectivity index (χ1n) is 8.40. The van der Waals surface area contributed by atoms with Crippen LogP contribution in [-0.4, -0.2) is 6.04 Å². The van der Waals surface area contributed by atoms with Gasteiger partial charge in [0.15, 0.2) is 0 Å². The average molecular weight is 308 g/mol. The number of hydrogen-bond acceptors (Lipinski definition) is 1. The van der Waals surface area contributed by atoms with Crippen molar-refractivity contribution in [2.24, 2.45) is 11.3 Å². The van der Waals surface area contributed by atoms with Gasteiger partial charge in [-0.3, -0.25) is 0 Å². The Labute approximate surface area is 135 Å². The second kappa shape index (κ2) is 7.15. The fourth-order valence-electron chi connectivity index (χ4n) is 3.54. The minimum absolute atomic E-state index is 0.509. The van der Waals surface area contributed by atoms with Crippen molar-refractivity contribution >= 4 is 11.6 Å². The molecule has 1 saturated carbocycles. The van der Waals surface area contributed by atoms with E-state index in [0.29, 0.717) is 11.5 Å². The van der Waals surface area contributed by atoms with Crippen LogP contribution in [-0.2, 0) is 6.54 Å². The number of aryl methyl sites for hydroxylation is 1. The molecule has 0 saturated heterocycles. The second-order valence-electron chi connectivity index (χ2n) is 7.41. The molecule has 0 spiro atoms. The molecule has 1 nitrogen and oxygen atoms in total. The largest absolute Gasteiger partial charge is 0.310 e. The highest BCUT2D eigenvalue weighted by Gasteiger charge is 2.31. The van der Waals surface area contributed by atoms with Crippen molar-refractivity contribution in [2.75, 3.05) is 0 Å². The normalized spacial score (nSPS) is 23.3. The number of benzene rings is 1. The van der Waals surface area contributed by atoms with Gasteiger partial charge in [0.1, 0.15) is 0 Å². The summed E-state index contributed by atoms with van der Waals surface area (Å²) in [6.07, 6.45) is 6.65. The summed E-state index contributed by atoms with van der Waals surface area (Å²) in [6, 6.07) is 6.99. The molecule has 0 aromatic heterocycles. The summed E-state index contributed by atoms with van der Waals surface area (Å²) < 4.78 is 0. The zero-order chi connectivity index (χ0) is 15.5. The molecule has 2 rings (SSSR count). The van der Waals surface area contributed by atoms with Crippen molar-refractivity contribution in [1.82, 2.24) is 5.32 Å². The van der Waals surface area contributed by atoms with Gasteiger partial charge in [-0.05, 0) is 67.2 Å². The van der Waals surface area contributed by atoms with Crippen molar-refractivity contribution < 1.29 is 0 Å². The molecule has 1 aliphatic rings. The SMILES string of the molecule is CCC(C)(C)C1CCC(NCc2cc(C)cc(Cl)c2)CC1. The van der Waals surface area contributed by atoms with E-state index in [-0.39, 0.29) is 0 Å². The average Bonchev–Trinajstić information content (AvgIpc) is 2.44. The predicted octanol–water partition coefficient (Wildman–Crippen LogP) is 5.73. The molecule has 118 valence electrons. The number of halogens is 1. The molecule has 0 amide bonds. The monoisotopic (exact) mass is 307 g/mol. The summed E-state index contributed by atoms with van der Waals surface area (Å²) in [5.41, 5.74) is 3.05. The number of nitrogens with one attached hydrogen (secondary N) is 1. The lowest BCUT2D eigenvalue weighted by Crippen LogP contribution is -2.36. The minimum atomic E-state index is 0.509. The van der Waals surface area contributed by atoms with Crippen LogP contribution >= 0.6 is 11.6 Å². The van der Waals surface area contributed by atoms with E-state index in [1.165, 1.54) is 43.2 Å². The van der Waals surface area contributed by atoms with Crippen molar-refractivity contribution in [3.63, 3.8) is 0 Å². The zero-order valence-corrected chi connectivity index (χ0v) is 14.8. The van der Waals surface area contributed by atoms with Gasteiger partial charge in [-0.15, -0.1) is 0 Å². The number of hydrogen-bond donors (Lipinski definition) is 1.